The van der Waals surface area contributed by atoms with Crippen LogP contribution in [0.4, 0.5) is 5.69 Å². The Morgan fingerprint density at radius 1 is 1.13 bits per heavy atom. The van der Waals surface area contributed by atoms with Crippen molar-refractivity contribution in [3.05, 3.63) is 53.1 Å². The fourth-order valence-electron chi connectivity index (χ4n) is 2.40. The van der Waals surface area contributed by atoms with Gasteiger partial charge in [-0.1, -0.05) is 6.07 Å². The molecule has 0 spiro atoms. The molecule has 6 heteroatoms. The van der Waals surface area contributed by atoms with Crippen molar-refractivity contribution in [3.8, 4) is 11.5 Å². The number of para-hydroxylation sites is 1. The predicted molar refractivity (Wildman–Crippen MR) is 85.1 cm³/mol. The Balaban J connectivity index is 1.87. The molecule has 23 heavy (non-hydrogen) atoms. The van der Waals surface area contributed by atoms with E-state index in [-0.39, 0.29) is 5.91 Å². The molecule has 0 aliphatic carbocycles. The lowest BCUT2D eigenvalue weighted by molar-refractivity contribution is 0.0996. The Hall–Kier alpha value is -3.02. The molecule has 0 radical (unpaired) electrons. The zero-order valence-corrected chi connectivity index (χ0v) is 12.6. The van der Waals surface area contributed by atoms with Crippen LogP contribution in [0.15, 0.2) is 36.4 Å². The molecular formula is C17H16N2O4. The normalized spacial score (nSPS) is 12.6. The number of aryl methyl sites for hydroxylation is 1. The van der Waals surface area contributed by atoms with Gasteiger partial charge in [0.15, 0.2) is 11.5 Å². The largest absolute Gasteiger partial charge is 0.486 e. The number of hydrogen-bond donors (Lipinski definition) is 2. The van der Waals surface area contributed by atoms with E-state index in [1.165, 1.54) is 0 Å². The van der Waals surface area contributed by atoms with Crippen molar-refractivity contribution in [2.24, 2.45) is 5.73 Å². The third kappa shape index (κ3) is 2.96. The molecule has 0 unspecified atom stereocenters. The number of anilines is 1. The van der Waals surface area contributed by atoms with Crippen LogP contribution >= 0.6 is 0 Å². The molecule has 0 fully saturated rings. The van der Waals surface area contributed by atoms with E-state index in [2.05, 4.69) is 5.32 Å². The van der Waals surface area contributed by atoms with Crippen LogP contribution in [-0.4, -0.2) is 25.0 Å². The lowest BCUT2D eigenvalue weighted by Gasteiger charge is -2.20. The maximum atomic E-state index is 12.5. The SMILES string of the molecule is Cc1cc(C(N)=O)ccc1NC(=O)c1cccc2c1OCCO2. The number of carbonyl (C=O) groups is 2. The second-order valence-electron chi connectivity index (χ2n) is 5.18. The van der Waals surface area contributed by atoms with Crippen molar-refractivity contribution < 1.29 is 19.1 Å². The standard InChI is InChI=1S/C17H16N2O4/c1-10-9-11(16(18)20)5-6-13(10)19-17(21)12-3-2-4-14-15(12)23-8-7-22-14/h2-6,9H,7-8H2,1H3,(H2,18,20)(H,19,21). The van der Waals surface area contributed by atoms with Crippen molar-refractivity contribution in [2.75, 3.05) is 18.5 Å². The van der Waals surface area contributed by atoms with Crippen LogP contribution in [0.5, 0.6) is 11.5 Å². The predicted octanol–water partition coefficient (Wildman–Crippen LogP) is 2.12. The van der Waals surface area contributed by atoms with E-state index in [4.69, 9.17) is 15.2 Å². The van der Waals surface area contributed by atoms with E-state index in [9.17, 15) is 9.59 Å². The lowest BCUT2D eigenvalue weighted by Crippen LogP contribution is -2.20. The van der Waals surface area contributed by atoms with Crippen molar-refractivity contribution >= 4 is 17.5 Å². The molecule has 1 aliphatic rings. The first-order valence-electron chi connectivity index (χ1n) is 7.16. The minimum absolute atomic E-state index is 0.303. The summed E-state index contributed by atoms with van der Waals surface area (Å²) in [5.41, 5.74) is 7.40. The molecule has 118 valence electrons. The summed E-state index contributed by atoms with van der Waals surface area (Å²) in [6.45, 7) is 2.66. The molecule has 3 N–H and O–H groups in total. The van der Waals surface area contributed by atoms with Gasteiger partial charge in [0.2, 0.25) is 5.91 Å². The molecule has 1 heterocycles. The highest BCUT2D eigenvalue weighted by molar-refractivity contribution is 6.07. The van der Waals surface area contributed by atoms with Gasteiger partial charge in [0.25, 0.3) is 5.91 Å². The van der Waals surface area contributed by atoms with E-state index in [0.717, 1.165) is 5.56 Å². The number of ether oxygens (including phenoxy) is 2. The molecule has 2 aromatic rings. The summed E-state index contributed by atoms with van der Waals surface area (Å²) in [4.78, 5) is 23.7. The minimum atomic E-state index is -0.506. The molecule has 0 bridgehead atoms. The molecule has 0 saturated carbocycles. The summed E-state index contributed by atoms with van der Waals surface area (Å²) in [6, 6.07) is 10.0. The lowest BCUT2D eigenvalue weighted by atomic mass is 10.1. The second kappa shape index (κ2) is 6.00. The van der Waals surface area contributed by atoms with E-state index in [1.807, 2.05) is 0 Å². The van der Waals surface area contributed by atoms with Gasteiger partial charge in [0.05, 0.1) is 5.56 Å². The first kappa shape index (κ1) is 14.9. The van der Waals surface area contributed by atoms with Gasteiger partial charge in [-0.25, -0.2) is 0 Å². The van der Waals surface area contributed by atoms with Crippen LogP contribution in [0.1, 0.15) is 26.3 Å². The number of rotatable bonds is 3. The van der Waals surface area contributed by atoms with Crippen LogP contribution < -0.4 is 20.5 Å². The first-order chi connectivity index (χ1) is 11.1. The van der Waals surface area contributed by atoms with Gasteiger partial charge in [-0.2, -0.15) is 0 Å². The molecule has 0 aromatic heterocycles. The summed E-state index contributed by atoms with van der Waals surface area (Å²) >= 11 is 0. The summed E-state index contributed by atoms with van der Waals surface area (Å²) in [7, 11) is 0. The number of carbonyl (C=O) groups excluding carboxylic acids is 2. The number of hydrogen-bond acceptors (Lipinski definition) is 4. The fourth-order valence-corrected chi connectivity index (χ4v) is 2.40. The van der Waals surface area contributed by atoms with Crippen molar-refractivity contribution in [3.63, 3.8) is 0 Å². The molecule has 0 saturated heterocycles. The molecular weight excluding hydrogens is 296 g/mol. The molecule has 1 aliphatic heterocycles. The zero-order valence-electron chi connectivity index (χ0n) is 12.6. The van der Waals surface area contributed by atoms with Gasteiger partial charge in [-0.05, 0) is 42.8 Å². The summed E-state index contributed by atoms with van der Waals surface area (Å²) in [5, 5.41) is 2.82. The summed E-state index contributed by atoms with van der Waals surface area (Å²) < 4.78 is 11.0. The number of fused-ring (bicyclic) bond motifs is 1. The Kier molecular flexibility index (Phi) is 3.89. The highest BCUT2D eigenvalue weighted by atomic mass is 16.6. The highest BCUT2D eigenvalue weighted by Gasteiger charge is 2.20. The maximum absolute atomic E-state index is 12.5. The van der Waals surface area contributed by atoms with Gasteiger partial charge < -0.3 is 20.5 Å². The van der Waals surface area contributed by atoms with Crippen molar-refractivity contribution in [1.29, 1.82) is 0 Å². The minimum Gasteiger partial charge on any atom is -0.486 e. The Morgan fingerprint density at radius 3 is 2.65 bits per heavy atom. The van der Waals surface area contributed by atoms with Crippen LogP contribution in [0.3, 0.4) is 0 Å². The van der Waals surface area contributed by atoms with Gasteiger partial charge in [-0.15, -0.1) is 0 Å². The van der Waals surface area contributed by atoms with E-state index >= 15 is 0 Å². The number of nitrogens with one attached hydrogen (secondary N) is 1. The van der Waals surface area contributed by atoms with Crippen LogP contribution in [0, 0.1) is 6.92 Å². The number of benzene rings is 2. The van der Waals surface area contributed by atoms with Crippen LogP contribution in [0.25, 0.3) is 0 Å². The molecule has 0 atom stereocenters. The summed E-state index contributed by atoms with van der Waals surface area (Å²) in [5.74, 6) is 0.197. The zero-order chi connectivity index (χ0) is 16.4. The van der Waals surface area contributed by atoms with E-state index in [0.29, 0.717) is 41.5 Å². The third-order valence-corrected chi connectivity index (χ3v) is 3.57. The maximum Gasteiger partial charge on any atom is 0.259 e. The topological polar surface area (TPSA) is 90.7 Å². The van der Waals surface area contributed by atoms with Crippen molar-refractivity contribution in [2.45, 2.75) is 6.92 Å². The fraction of sp³-hybridized carbons (Fsp3) is 0.176. The van der Waals surface area contributed by atoms with Gasteiger partial charge in [0.1, 0.15) is 13.2 Å². The number of amides is 2. The van der Waals surface area contributed by atoms with E-state index < -0.39 is 5.91 Å². The number of nitrogens with two attached hydrogens (primary N) is 1. The van der Waals surface area contributed by atoms with Gasteiger partial charge in [0, 0.05) is 11.3 Å². The Bertz CT molecular complexity index is 786. The number of primary amides is 1. The van der Waals surface area contributed by atoms with Crippen LogP contribution in [-0.2, 0) is 0 Å². The van der Waals surface area contributed by atoms with Gasteiger partial charge in [-0.3, -0.25) is 9.59 Å². The molecule has 2 amide bonds. The van der Waals surface area contributed by atoms with Gasteiger partial charge >= 0.3 is 0 Å². The molecule has 2 aromatic carbocycles. The van der Waals surface area contributed by atoms with Crippen LogP contribution in [0.2, 0.25) is 0 Å². The third-order valence-electron chi connectivity index (χ3n) is 3.57. The summed E-state index contributed by atoms with van der Waals surface area (Å²) in [6.07, 6.45) is 0. The average molecular weight is 312 g/mol. The molecule has 6 nitrogen and oxygen atoms in total. The monoisotopic (exact) mass is 312 g/mol. The second-order valence-corrected chi connectivity index (χ2v) is 5.18. The Morgan fingerprint density at radius 2 is 1.91 bits per heavy atom. The quantitative estimate of drug-likeness (QED) is 0.908. The highest BCUT2D eigenvalue weighted by Crippen LogP contribution is 2.34. The van der Waals surface area contributed by atoms with Crippen molar-refractivity contribution in [1.82, 2.24) is 0 Å². The first-order valence-corrected chi connectivity index (χ1v) is 7.16. The van der Waals surface area contributed by atoms with E-state index in [1.54, 1.807) is 43.3 Å². The smallest absolute Gasteiger partial charge is 0.259 e. The Labute approximate surface area is 133 Å². The molecule has 3 rings (SSSR count). The average Bonchev–Trinajstić information content (AvgIpc) is 2.56.